The highest BCUT2D eigenvalue weighted by Gasteiger charge is 2.26. The van der Waals surface area contributed by atoms with Crippen molar-refractivity contribution in [2.24, 2.45) is 0 Å². The van der Waals surface area contributed by atoms with Crippen LogP contribution >= 0.6 is 0 Å². The first-order valence-corrected chi connectivity index (χ1v) is 6.83. The van der Waals surface area contributed by atoms with Crippen molar-refractivity contribution in [1.82, 2.24) is 0 Å². The monoisotopic (exact) mass is 234 g/mol. The van der Waals surface area contributed by atoms with E-state index >= 15 is 0 Å². The predicted octanol–water partition coefficient (Wildman–Crippen LogP) is 2.55. The molecule has 1 saturated carbocycles. The molecule has 2 nitrogen and oxygen atoms in total. The summed E-state index contributed by atoms with van der Waals surface area (Å²) in [6.45, 7) is 0. The lowest BCUT2D eigenvalue weighted by Crippen LogP contribution is -2.29. The summed E-state index contributed by atoms with van der Waals surface area (Å²) in [6, 6.07) is 0. The summed E-state index contributed by atoms with van der Waals surface area (Å²) in [5, 5.41) is 20.2. The quantitative estimate of drug-likeness (QED) is 0.632. The molecule has 0 saturated heterocycles. The van der Waals surface area contributed by atoms with Crippen LogP contribution in [0.15, 0.2) is 11.6 Å². The first kappa shape index (κ1) is 12.7. The predicted molar refractivity (Wildman–Crippen MR) is 68.4 cm³/mol. The number of rotatable bonds is 0. The molecule has 0 amide bonds. The molecule has 0 radical (unpaired) electrons. The molecule has 0 aliphatic heterocycles. The SMILES string of the molecule is OC1CCCCC=C1C#CC1(O)CCCCC1. The Bertz CT molecular complexity index is 340. The highest BCUT2D eigenvalue weighted by atomic mass is 16.3. The van der Waals surface area contributed by atoms with Gasteiger partial charge >= 0.3 is 0 Å². The van der Waals surface area contributed by atoms with E-state index in [1.807, 2.05) is 6.08 Å². The normalized spacial score (nSPS) is 28.6. The van der Waals surface area contributed by atoms with Gasteiger partial charge in [0.2, 0.25) is 0 Å². The molecule has 94 valence electrons. The van der Waals surface area contributed by atoms with E-state index in [2.05, 4.69) is 11.8 Å². The first-order valence-electron chi connectivity index (χ1n) is 6.83. The summed E-state index contributed by atoms with van der Waals surface area (Å²) in [7, 11) is 0. The molecular weight excluding hydrogens is 212 g/mol. The third kappa shape index (κ3) is 3.59. The molecule has 0 aromatic rings. The molecule has 0 heterocycles. The average Bonchev–Trinajstić information content (AvgIpc) is 2.53. The second-order valence-electron chi connectivity index (χ2n) is 5.30. The van der Waals surface area contributed by atoms with E-state index in [-0.39, 0.29) is 0 Å². The maximum atomic E-state index is 10.3. The summed E-state index contributed by atoms with van der Waals surface area (Å²) in [5.41, 5.74) is 0.0204. The van der Waals surface area contributed by atoms with Crippen LogP contribution in [0, 0.1) is 11.8 Å². The third-order valence-electron chi connectivity index (χ3n) is 3.78. The van der Waals surface area contributed by atoms with Crippen LogP contribution in [0.1, 0.15) is 57.8 Å². The minimum Gasteiger partial charge on any atom is -0.388 e. The lowest BCUT2D eigenvalue weighted by atomic mass is 9.85. The lowest BCUT2D eigenvalue weighted by Gasteiger charge is -2.26. The Kier molecular flexibility index (Phi) is 4.25. The fraction of sp³-hybridized carbons (Fsp3) is 0.733. The van der Waals surface area contributed by atoms with Crippen molar-refractivity contribution < 1.29 is 10.2 Å². The van der Waals surface area contributed by atoms with Gasteiger partial charge in [-0.2, -0.15) is 0 Å². The second-order valence-corrected chi connectivity index (χ2v) is 5.30. The minimum atomic E-state index is -0.800. The van der Waals surface area contributed by atoms with Crippen LogP contribution in [0.2, 0.25) is 0 Å². The van der Waals surface area contributed by atoms with E-state index in [1.54, 1.807) is 0 Å². The van der Waals surface area contributed by atoms with E-state index in [9.17, 15) is 10.2 Å². The first-order chi connectivity index (χ1) is 8.20. The summed E-state index contributed by atoms with van der Waals surface area (Å²) in [5.74, 6) is 6.04. The fourth-order valence-corrected chi connectivity index (χ4v) is 2.62. The van der Waals surface area contributed by atoms with E-state index in [4.69, 9.17) is 0 Å². The molecular formula is C15H22O2. The summed E-state index contributed by atoms with van der Waals surface area (Å²) in [6.07, 6.45) is 10.5. The molecule has 17 heavy (non-hydrogen) atoms. The van der Waals surface area contributed by atoms with E-state index in [0.717, 1.165) is 56.9 Å². The van der Waals surface area contributed by atoms with Gasteiger partial charge in [0, 0.05) is 5.57 Å². The van der Waals surface area contributed by atoms with E-state index in [0.29, 0.717) is 0 Å². The van der Waals surface area contributed by atoms with Crippen LogP contribution in [0.3, 0.4) is 0 Å². The third-order valence-corrected chi connectivity index (χ3v) is 3.78. The Morgan fingerprint density at radius 1 is 1.12 bits per heavy atom. The molecule has 1 atom stereocenters. The van der Waals surface area contributed by atoms with Gasteiger partial charge in [0.25, 0.3) is 0 Å². The van der Waals surface area contributed by atoms with E-state index in [1.165, 1.54) is 6.42 Å². The van der Waals surface area contributed by atoms with Gasteiger partial charge in [0.15, 0.2) is 0 Å². The molecule has 1 unspecified atom stereocenters. The Hall–Kier alpha value is -0.780. The van der Waals surface area contributed by atoms with Gasteiger partial charge < -0.3 is 10.2 Å². The summed E-state index contributed by atoms with van der Waals surface area (Å²) in [4.78, 5) is 0. The molecule has 0 bridgehead atoms. The van der Waals surface area contributed by atoms with Gasteiger partial charge in [-0.1, -0.05) is 30.8 Å². The van der Waals surface area contributed by atoms with Gasteiger partial charge in [-0.25, -0.2) is 0 Å². The zero-order valence-electron chi connectivity index (χ0n) is 10.4. The van der Waals surface area contributed by atoms with Gasteiger partial charge in [-0.3, -0.25) is 0 Å². The van der Waals surface area contributed by atoms with E-state index < -0.39 is 11.7 Å². The molecule has 2 aliphatic carbocycles. The van der Waals surface area contributed by atoms with Crippen molar-refractivity contribution in [3.63, 3.8) is 0 Å². The van der Waals surface area contributed by atoms with Crippen molar-refractivity contribution in [2.45, 2.75) is 69.5 Å². The van der Waals surface area contributed by atoms with Crippen LogP contribution in [-0.2, 0) is 0 Å². The maximum Gasteiger partial charge on any atom is 0.125 e. The number of hydrogen-bond donors (Lipinski definition) is 2. The Balaban J connectivity index is 2.06. The topological polar surface area (TPSA) is 40.5 Å². The van der Waals surface area contributed by atoms with Gasteiger partial charge in [-0.15, -0.1) is 0 Å². The van der Waals surface area contributed by atoms with Crippen LogP contribution in [0.25, 0.3) is 0 Å². The molecule has 0 aromatic carbocycles. The highest BCUT2D eigenvalue weighted by Crippen LogP contribution is 2.27. The van der Waals surface area contributed by atoms with Crippen LogP contribution < -0.4 is 0 Å². The number of allylic oxidation sites excluding steroid dienone is 1. The standard InChI is InChI=1S/C15H22O2/c16-14-8-4-1-3-7-13(14)9-12-15(17)10-5-2-6-11-15/h7,14,16-17H,1-6,8,10-11H2. The molecule has 2 aliphatic rings. The summed E-state index contributed by atoms with van der Waals surface area (Å²) >= 11 is 0. The Morgan fingerprint density at radius 2 is 1.88 bits per heavy atom. The van der Waals surface area contributed by atoms with Crippen LogP contribution in [-0.4, -0.2) is 21.9 Å². The van der Waals surface area contributed by atoms with Crippen molar-refractivity contribution in [3.8, 4) is 11.8 Å². The Morgan fingerprint density at radius 3 is 2.65 bits per heavy atom. The zero-order valence-corrected chi connectivity index (χ0v) is 10.4. The van der Waals surface area contributed by atoms with Crippen molar-refractivity contribution >= 4 is 0 Å². The van der Waals surface area contributed by atoms with Gasteiger partial charge in [0.05, 0.1) is 6.10 Å². The molecule has 0 spiro atoms. The average molecular weight is 234 g/mol. The Labute approximate surface area is 104 Å². The van der Waals surface area contributed by atoms with Crippen molar-refractivity contribution in [3.05, 3.63) is 11.6 Å². The highest BCUT2D eigenvalue weighted by molar-refractivity contribution is 5.35. The van der Waals surface area contributed by atoms with Crippen molar-refractivity contribution in [1.29, 1.82) is 0 Å². The number of hydrogen-bond acceptors (Lipinski definition) is 2. The molecule has 2 rings (SSSR count). The van der Waals surface area contributed by atoms with Crippen LogP contribution in [0.4, 0.5) is 0 Å². The van der Waals surface area contributed by atoms with Gasteiger partial charge in [0.1, 0.15) is 5.60 Å². The zero-order chi connectivity index (χ0) is 12.1. The molecule has 2 N–H and O–H groups in total. The summed E-state index contributed by atoms with van der Waals surface area (Å²) < 4.78 is 0. The molecule has 1 fully saturated rings. The number of aliphatic hydroxyl groups is 2. The van der Waals surface area contributed by atoms with Crippen LogP contribution in [0.5, 0.6) is 0 Å². The number of aliphatic hydroxyl groups excluding tert-OH is 1. The molecule has 0 aromatic heterocycles. The second kappa shape index (κ2) is 5.71. The van der Waals surface area contributed by atoms with Crippen molar-refractivity contribution in [2.75, 3.05) is 0 Å². The molecule has 2 heteroatoms. The minimum absolute atomic E-state index is 0.419. The van der Waals surface area contributed by atoms with Gasteiger partial charge in [-0.05, 0) is 44.9 Å². The lowest BCUT2D eigenvalue weighted by molar-refractivity contribution is 0.0609. The fourth-order valence-electron chi connectivity index (χ4n) is 2.62. The smallest absolute Gasteiger partial charge is 0.125 e. The largest absolute Gasteiger partial charge is 0.388 e. The maximum absolute atomic E-state index is 10.3.